The van der Waals surface area contributed by atoms with Gasteiger partial charge in [-0.25, -0.2) is 0 Å². The molecule has 0 heterocycles. The molecule has 4 heteroatoms. The molecule has 1 amide bonds. The normalized spacial score (nSPS) is 22.5. The van der Waals surface area contributed by atoms with Gasteiger partial charge >= 0.3 is 0 Å². The summed E-state index contributed by atoms with van der Waals surface area (Å²) in [4.78, 5) is 14.1. The van der Waals surface area contributed by atoms with Gasteiger partial charge in [0.1, 0.15) is 5.88 Å². The largest absolute Gasteiger partial charge is 0.396 e. The number of benzene rings is 1. The monoisotopic (exact) mass is 295 g/mol. The van der Waals surface area contributed by atoms with Crippen LogP contribution in [0.2, 0.25) is 0 Å². The second kappa shape index (κ2) is 7.65. The molecule has 0 unspecified atom stereocenters. The summed E-state index contributed by atoms with van der Waals surface area (Å²) in [7, 11) is 0. The molecule has 0 saturated heterocycles. The van der Waals surface area contributed by atoms with Crippen LogP contribution >= 0.6 is 11.6 Å². The smallest absolute Gasteiger partial charge is 0.238 e. The van der Waals surface area contributed by atoms with E-state index in [0.717, 1.165) is 31.2 Å². The zero-order chi connectivity index (χ0) is 14.4. The van der Waals surface area contributed by atoms with Gasteiger partial charge in [0.25, 0.3) is 0 Å². The second-order valence-electron chi connectivity index (χ2n) is 5.44. The van der Waals surface area contributed by atoms with Crippen LogP contribution in [-0.4, -0.2) is 34.4 Å². The van der Waals surface area contributed by atoms with Crippen molar-refractivity contribution in [3.8, 4) is 0 Å². The zero-order valence-electron chi connectivity index (χ0n) is 11.7. The minimum absolute atomic E-state index is 0.00147. The van der Waals surface area contributed by atoms with Crippen LogP contribution in [0.5, 0.6) is 0 Å². The number of aliphatic hydroxyl groups is 1. The van der Waals surface area contributed by atoms with Gasteiger partial charge in [-0.1, -0.05) is 43.2 Å². The first-order chi connectivity index (χ1) is 9.76. The molecule has 1 saturated carbocycles. The third-order valence-electron chi connectivity index (χ3n) is 4.13. The summed E-state index contributed by atoms with van der Waals surface area (Å²) >= 11 is 5.77. The van der Waals surface area contributed by atoms with Gasteiger partial charge in [0, 0.05) is 25.1 Å². The van der Waals surface area contributed by atoms with Gasteiger partial charge in [0.2, 0.25) is 5.91 Å². The van der Waals surface area contributed by atoms with E-state index in [0.29, 0.717) is 6.54 Å². The van der Waals surface area contributed by atoms with Crippen LogP contribution in [-0.2, 0) is 11.3 Å². The number of hydrogen-bond donors (Lipinski definition) is 1. The molecular weight excluding hydrogens is 274 g/mol. The second-order valence-corrected chi connectivity index (χ2v) is 5.70. The predicted octanol–water partition coefficient (Wildman–Crippen LogP) is 2.81. The molecule has 3 nitrogen and oxygen atoms in total. The van der Waals surface area contributed by atoms with Crippen molar-refractivity contribution in [1.82, 2.24) is 4.90 Å². The van der Waals surface area contributed by atoms with Crippen LogP contribution in [0.1, 0.15) is 31.2 Å². The van der Waals surface area contributed by atoms with E-state index in [4.69, 9.17) is 11.6 Å². The van der Waals surface area contributed by atoms with E-state index in [1.165, 1.54) is 0 Å². The minimum Gasteiger partial charge on any atom is -0.396 e. The molecule has 1 N–H and O–H groups in total. The van der Waals surface area contributed by atoms with Crippen LogP contribution in [0.15, 0.2) is 30.3 Å². The molecule has 0 aromatic heterocycles. The number of nitrogens with zero attached hydrogens (tertiary/aromatic N) is 1. The number of rotatable bonds is 5. The number of aliphatic hydroxyl groups excluding tert-OH is 1. The van der Waals surface area contributed by atoms with Gasteiger partial charge in [-0.3, -0.25) is 4.79 Å². The third kappa shape index (κ3) is 3.74. The Hall–Kier alpha value is -1.06. The van der Waals surface area contributed by atoms with Gasteiger partial charge in [0.15, 0.2) is 0 Å². The molecule has 1 aliphatic carbocycles. The van der Waals surface area contributed by atoms with Crippen molar-refractivity contribution in [2.45, 2.75) is 38.3 Å². The lowest BCUT2D eigenvalue weighted by Gasteiger charge is -2.39. The maximum Gasteiger partial charge on any atom is 0.238 e. The van der Waals surface area contributed by atoms with E-state index in [1.807, 2.05) is 35.2 Å². The van der Waals surface area contributed by atoms with Gasteiger partial charge in [0.05, 0.1) is 0 Å². The number of hydrogen-bond acceptors (Lipinski definition) is 2. The first kappa shape index (κ1) is 15.3. The Balaban J connectivity index is 2.16. The average molecular weight is 296 g/mol. The first-order valence-electron chi connectivity index (χ1n) is 7.26. The number of halogens is 1. The number of amides is 1. The number of alkyl halides is 1. The fourth-order valence-corrected chi connectivity index (χ4v) is 3.21. The van der Waals surface area contributed by atoms with E-state index < -0.39 is 0 Å². The molecule has 1 aliphatic rings. The molecule has 0 radical (unpaired) electrons. The highest BCUT2D eigenvalue weighted by Gasteiger charge is 2.32. The maximum absolute atomic E-state index is 12.2. The Morgan fingerprint density at radius 1 is 1.25 bits per heavy atom. The molecule has 1 aromatic rings. The quantitative estimate of drug-likeness (QED) is 0.849. The first-order valence-corrected chi connectivity index (χ1v) is 7.80. The highest BCUT2D eigenvalue weighted by atomic mass is 35.5. The van der Waals surface area contributed by atoms with Gasteiger partial charge < -0.3 is 10.0 Å². The third-order valence-corrected chi connectivity index (χ3v) is 4.36. The number of carbonyl (C=O) groups is 1. The summed E-state index contributed by atoms with van der Waals surface area (Å²) < 4.78 is 0. The van der Waals surface area contributed by atoms with Crippen LogP contribution in [0, 0.1) is 5.92 Å². The van der Waals surface area contributed by atoms with Crippen LogP contribution in [0.25, 0.3) is 0 Å². The van der Waals surface area contributed by atoms with E-state index in [-0.39, 0.29) is 30.4 Å². The lowest BCUT2D eigenvalue weighted by molar-refractivity contribution is -0.134. The topological polar surface area (TPSA) is 40.5 Å². The number of carbonyl (C=O) groups excluding carboxylic acids is 1. The summed E-state index contributed by atoms with van der Waals surface area (Å²) in [6.45, 7) is 0.721. The Bertz CT molecular complexity index is 424. The van der Waals surface area contributed by atoms with Crippen LogP contribution in [0.4, 0.5) is 0 Å². The maximum atomic E-state index is 12.2. The molecule has 0 spiro atoms. The van der Waals surface area contributed by atoms with Crippen LogP contribution in [0.3, 0.4) is 0 Å². The lowest BCUT2D eigenvalue weighted by atomic mass is 9.83. The van der Waals surface area contributed by atoms with E-state index in [1.54, 1.807) is 0 Å². The Morgan fingerprint density at radius 3 is 2.60 bits per heavy atom. The van der Waals surface area contributed by atoms with Crippen molar-refractivity contribution < 1.29 is 9.90 Å². The summed E-state index contributed by atoms with van der Waals surface area (Å²) in [5.41, 5.74) is 1.10. The van der Waals surface area contributed by atoms with Crippen molar-refractivity contribution in [2.24, 2.45) is 5.92 Å². The van der Waals surface area contributed by atoms with Crippen molar-refractivity contribution in [3.63, 3.8) is 0 Å². The molecule has 110 valence electrons. The van der Waals surface area contributed by atoms with E-state index in [9.17, 15) is 9.90 Å². The summed E-state index contributed by atoms with van der Waals surface area (Å²) in [6, 6.07) is 10.1. The molecule has 1 aromatic carbocycles. The van der Waals surface area contributed by atoms with E-state index >= 15 is 0 Å². The molecule has 2 rings (SSSR count). The molecule has 1 fully saturated rings. The fraction of sp³-hybridized carbons (Fsp3) is 0.562. The van der Waals surface area contributed by atoms with Crippen molar-refractivity contribution in [2.75, 3.05) is 12.5 Å². The van der Waals surface area contributed by atoms with E-state index in [2.05, 4.69) is 0 Å². The van der Waals surface area contributed by atoms with Gasteiger partial charge in [-0.15, -0.1) is 11.6 Å². The van der Waals surface area contributed by atoms with Crippen molar-refractivity contribution in [1.29, 1.82) is 0 Å². The molecule has 2 atom stereocenters. The average Bonchev–Trinajstić information content (AvgIpc) is 2.53. The summed E-state index contributed by atoms with van der Waals surface area (Å²) in [5.74, 6) is 0.141. The Kier molecular flexibility index (Phi) is 5.86. The summed E-state index contributed by atoms with van der Waals surface area (Å²) in [6.07, 6.45) is 4.20. The summed E-state index contributed by atoms with van der Waals surface area (Å²) in [5, 5.41) is 9.56. The van der Waals surface area contributed by atoms with Crippen LogP contribution < -0.4 is 0 Å². The molecular formula is C16H22ClNO2. The molecule has 0 aliphatic heterocycles. The zero-order valence-corrected chi connectivity index (χ0v) is 12.4. The minimum atomic E-state index is -0.0409. The van der Waals surface area contributed by atoms with Crippen molar-refractivity contribution in [3.05, 3.63) is 35.9 Å². The molecule has 0 bridgehead atoms. The lowest BCUT2D eigenvalue weighted by Crippen LogP contribution is -2.47. The van der Waals surface area contributed by atoms with Crippen molar-refractivity contribution >= 4 is 17.5 Å². The SMILES string of the molecule is O=C(CCl)N(Cc1ccccc1)[C@@H]1CCCC[C@@H]1CO. The Morgan fingerprint density at radius 2 is 1.95 bits per heavy atom. The molecule has 20 heavy (non-hydrogen) atoms. The van der Waals surface area contributed by atoms with Gasteiger partial charge in [-0.05, 0) is 18.4 Å². The standard InChI is InChI=1S/C16H22ClNO2/c17-10-16(20)18(11-13-6-2-1-3-7-13)15-9-5-4-8-14(15)12-19/h1-3,6-7,14-15,19H,4-5,8-12H2/t14-,15-/m1/s1. The fourth-order valence-electron chi connectivity index (χ4n) is 3.06. The van der Waals surface area contributed by atoms with Gasteiger partial charge in [-0.2, -0.15) is 0 Å². The highest BCUT2D eigenvalue weighted by molar-refractivity contribution is 6.27. The Labute approximate surface area is 125 Å². The predicted molar refractivity (Wildman–Crippen MR) is 80.5 cm³/mol. The highest BCUT2D eigenvalue weighted by Crippen LogP contribution is 2.29.